The summed E-state index contributed by atoms with van der Waals surface area (Å²) in [5, 5.41) is 3.48. The predicted octanol–water partition coefficient (Wildman–Crippen LogP) is 2.44. The Kier molecular flexibility index (Phi) is 8.46. The molecule has 0 rings (SSSR count). The highest BCUT2D eigenvalue weighted by Gasteiger charge is 2.04. The second kappa shape index (κ2) is 8.52. The molecule has 0 spiro atoms. The molecule has 1 atom stereocenters. The average Bonchev–Trinajstić information content (AvgIpc) is 2.10. The molecule has 0 saturated carbocycles. The largest absolute Gasteiger partial charge is 0.381 e. The van der Waals surface area contributed by atoms with E-state index in [1.807, 2.05) is 0 Å². The maximum Gasteiger partial charge on any atom is 0.0478 e. The van der Waals surface area contributed by atoms with Gasteiger partial charge in [-0.3, -0.25) is 0 Å². The summed E-state index contributed by atoms with van der Waals surface area (Å²) in [5.74, 6) is 0.719. The van der Waals surface area contributed by atoms with Crippen molar-refractivity contribution in [3.05, 3.63) is 0 Å². The van der Waals surface area contributed by atoms with Crippen LogP contribution in [0.15, 0.2) is 0 Å². The average molecular weight is 187 g/mol. The summed E-state index contributed by atoms with van der Waals surface area (Å²) in [7, 11) is 0. The Bertz CT molecular complexity index is 104. The van der Waals surface area contributed by atoms with Crippen LogP contribution in [0.5, 0.6) is 0 Å². The molecule has 0 heterocycles. The molecular weight excluding hydrogens is 162 g/mol. The van der Waals surface area contributed by atoms with Crippen molar-refractivity contribution in [2.75, 3.05) is 19.8 Å². The lowest BCUT2D eigenvalue weighted by molar-refractivity contribution is 0.131. The topological polar surface area (TPSA) is 21.3 Å². The molecule has 0 aromatic rings. The van der Waals surface area contributed by atoms with Crippen LogP contribution in [0, 0.1) is 5.92 Å². The molecule has 0 saturated heterocycles. The lowest BCUT2D eigenvalue weighted by atomic mass is 10.1. The second-order valence-electron chi connectivity index (χ2n) is 3.95. The van der Waals surface area contributed by atoms with Crippen LogP contribution >= 0.6 is 0 Å². The molecule has 0 radical (unpaired) electrons. The minimum atomic E-state index is 0.617. The third kappa shape index (κ3) is 8.26. The fraction of sp³-hybridized carbons (Fsp3) is 1.00. The van der Waals surface area contributed by atoms with Gasteiger partial charge in [-0.2, -0.15) is 0 Å². The Labute approximate surface area is 83.1 Å². The Morgan fingerprint density at radius 3 is 2.38 bits per heavy atom. The van der Waals surface area contributed by atoms with Crippen molar-refractivity contribution in [1.82, 2.24) is 5.32 Å². The van der Waals surface area contributed by atoms with Gasteiger partial charge in [-0.05, 0) is 32.2 Å². The fourth-order valence-electron chi connectivity index (χ4n) is 0.986. The standard InChI is InChI=1S/C11H25NO/c1-5-8-13-9-6-7-12-11(4)10(2)3/h10-12H,5-9H2,1-4H3. The van der Waals surface area contributed by atoms with Crippen LogP contribution in [0.2, 0.25) is 0 Å². The summed E-state index contributed by atoms with van der Waals surface area (Å²) in [6, 6.07) is 0.617. The molecule has 0 aliphatic carbocycles. The zero-order chi connectivity index (χ0) is 10.1. The van der Waals surface area contributed by atoms with E-state index >= 15 is 0 Å². The summed E-state index contributed by atoms with van der Waals surface area (Å²) >= 11 is 0. The van der Waals surface area contributed by atoms with Crippen molar-refractivity contribution in [2.24, 2.45) is 5.92 Å². The van der Waals surface area contributed by atoms with Gasteiger partial charge in [-0.25, -0.2) is 0 Å². The highest BCUT2D eigenvalue weighted by atomic mass is 16.5. The van der Waals surface area contributed by atoms with Crippen molar-refractivity contribution in [1.29, 1.82) is 0 Å². The molecule has 0 fully saturated rings. The van der Waals surface area contributed by atoms with Crippen molar-refractivity contribution >= 4 is 0 Å². The summed E-state index contributed by atoms with van der Waals surface area (Å²) in [4.78, 5) is 0. The first kappa shape index (κ1) is 12.9. The molecule has 1 unspecified atom stereocenters. The van der Waals surface area contributed by atoms with E-state index in [0.29, 0.717) is 6.04 Å². The lowest BCUT2D eigenvalue weighted by Crippen LogP contribution is -2.31. The van der Waals surface area contributed by atoms with Gasteiger partial charge >= 0.3 is 0 Å². The first-order valence-corrected chi connectivity index (χ1v) is 5.49. The van der Waals surface area contributed by atoms with E-state index in [2.05, 4.69) is 33.0 Å². The van der Waals surface area contributed by atoms with Gasteiger partial charge < -0.3 is 10.1 Å². The Morgan fingerprint density at radius 1 is 1.15 bits per heavy atom. The summed E-state index contributed by atoms with van der Waals surface area (Å²) in [6.07, 6.45) is 2.24. The summed E-state index contributed by atoms with van der Waals surface area (Å²) < 4.78 is 5.39. The van der Waals surface area contributed by atoms with E-state index in [1.54, 1.807) is 0 Å². The fourth-order valence-corrected chi connectivity index (χ4v) is 0.986. The van der Waals surface area contributed by atoms with Crippen LogP contribution in [0.3, 0.4) is 0 Å². The molecule has 0 amide bonds. The van der Waals surface area contributed by atoms with Crippen LogP contribution in [-0.2, 0) is 4.74 Å². The zero-order valence-corrected chi connectivity index (χ0v) is 9.60. The van der Waals surface area contributed by atoms with Crippen molar-refractivity contribution in [2.45, 2.75) is 46.6 Å². The molecule has 13 heavy (non-hydrogen) atoms. The first-order valence-electron chi connectivity index (χ1n) is 5.49. The molecule has 0 aliphatic rings. The maximum atomic E-state index is 5.39. The number of hydrogen-bond donors (Lipinski definition) is 1. The van der Waals surface area contributed by atoms with Crippen LogP contribution in [-0.4, -0.2) is 25.8 Å². The molecule has 0 aromatic carbocycles. The van der Waals surface area contributed by atoms with Crippen molar-refractivity contribution in [3.63, 3.8) is 0 Å². The van der Waals surface area contributed by atoms with E-state index in [-0.39, 0.29) is 0 Å². The minimum Gasteiger partial charge on any atom is -0.381 e. The first-order chi connectivity index (χ1) is 6.18. The van der Waals surface area contributed by atoms with Gasteiger partial charge in [0.15, 0.2) is 0 Å². The molecule has 2 nitrogen and oxygen atoms in total. The molecule has 1 N–H and O–H groups in total. The normalized spacial score (nSPS) is 13.6. The van der Waals surface area contributed by atoms with E-state index in [1.165, 1.54) is 0 Å². The SMILES string of the molecule is CCCOCCCNC(C)C(C)C. The predicted molar refractivity (Wildman–Crippen MR) is 58.0 cm³/mol. The van der Waals surface area contributed by atoms with E-state index in [9.17, 15) is 0 Å². The molecule has 2 heteroatoms. The number of hydrogen-bond acceptors (Lipinski definition) is 2. The number of nitrogens with one attached hydrogen (secondary N) is 1. The van der Waals surface area contributed by atoms with E-state index < -0.39 is 0 Å². The van der Waals surface area contributed by atoms with Crippen LogP contribution in [0.25, 0.3) is 0 Å². The van der Waals surface area contributed by atoms with E-state index in [0.717, 1.165) is 38.5 Å². The highest BCUT2D eigenvalue weighted by Crippen LogP contribution is 1.99. The monoisotopic (exact) mass is 187 g/mol. The Balaban J connectivity index is 3.07. The second-order valence-corrected chi connectivity index (χ2v) is 3.95. The molecule has 0 aliphatic heterocycles. The Morgan fingerprint density at radius 2 is 1.85 bits per heavy atom. The van der Waals surface area contributed by atoms with Crippen molar-refractivity contribution < 1.29 is 4.74 Å². The third-order valence-electron chi connectivity index (χ3n) is 2.28. The van der Waals surface area contributed by atoms with Crippen LogP contribution in [0.1, 0.15) is 40.5 Å². The lowest BCUT2D eigenvalue weighted by Gasteiger charge is -2.17. The molecule has 80 valence electrons. The minimum absolute atomic E-state index is 0.617. The molecule has 0 aromatic heterocycles. The van der Waals surface area contributed by atoms with Gasteiger partial charge in [-0.1, -0.05) is 20.8 Å². The Hall–Kier alpha value is -0.0800. The summed E-state index contributed by atoms with van der Waals surface area (Å²) in [5.41, 5.74) is 0. The maximum absolute atomic E-state index is 5.39. The van der Waals surface area contributed by atoms with Crippen LogP contribution in [0.4, 0.5) is 0 Å². The quantitative estimate of drug-likeness (QED) is 0.589. The number of ether oxygens (including phenoxy) is 1. The summed E-state index contributed by atoms with van der Waals surface area (Å²) in [6.45, 7) is 11.7. The van der Waals surface area contributed by atoms with Gasteiger partial charge in [0.2, 0.25) is 0 Å². The van der Waals surface area contributed by atoms with Gasteiger partial charge in [0, 0.05) is 19.3 Å². The van der Waals surface area contributed by atoms with Gasteiger partial charge in [0.25, 0.3) is 0 Å². The smallest absolute Gasteiger partial charge is 0.0478 e. The molecular formula is C11H25NO. The highest BCUT2D eigenvalue weighted by molar-refractivity contribution is 4.63. The van der Waals surface area contributed by atoms with Crippen LogP contribution < -0.4 is 5.32 Å². The van der Waals surface area contributed by atoms with Crippen molar-refractivity contribution in [3.8, 4) is 0 Å². The third-order valence-corrected chi connectivity index (χ3v) is 2.28. The van der Waals surface area contributed by atoms with Gasteiger partial charge in [0.05, 0.1) is 0 Å². The van der Waals surface area contributed by atoms with Gasteiger partial charge in [0.1, 0.15) is 0 Å². The zero-order valence-electron chi connectivity index (χ0n) is 9.60. The van der Waals surface area contributed by atoms with E-state index in [4.69, 9.17) is 4.74 Å². The molecule has 0 bridgehead atoms. The number of rotatable bonds is 8. The van der Waals surface area contributed by atoms with Gasteiger partial charge in [-0.15, -0.1) is 0 Å².